The number of hydrogen-bond donors (Lipinski definition) is 0. The molecule has 1 aliphatic heterocycles. The van der Waals surface area contributed by atoms with Crippen LogP contribution in [-0.4, -0.2) is 12.0 Å². The monoisotopic (exact) mass is 469 g/mol. The van der Waals surface area contributed by atoms with Crippen LogP contribution in [0.2, 0.25) is 0 Å². The summed E-state index contributed by atoms with van der Waals surface area (Å²) in [5.74, 6) is 0.940. The van der Waals surface area contributed by atoms with Gasteiger partial charge in [-0.25, -0.2) is 0 Å². The number of nitrogens with zero attached hydrogens (tertiary/aromatic N) is 1. The Hall–Kier alpha value is -2.88. The van der Waals surface area contributed by atoms with Crippen molar-refractivity contribution in [1.82, 2.24) is 4.90 Å². The minimum Gasteiger partial charge on any atom is -0.496 e. The van der Waals surface area contributed by atoms with Gasteiger partial charge in [-0.2, -0.15) is 0 Å². The third-order valence-corrected chi connectivity index (χ3v) is 6.70. The molecule has 0 saturated carbocycles. The van der Waals surface area contributed by atoms with Gasteiger partial charge in [0.25, 0.3) is 0 Å². The number of benzene rings is 4. The Kier molecular flexibility index (Phi) is 5.39. The average molecular weight is 470 g/mol. The first kappa shape index (κ1) is 20.0. The molecular formula is C28H24BrNO. The topological polar surface area (TPSA) is 12.5 Å². The standard InChI is InChI=1S/C28H24BrNO/c1-31-27-18-25(29)17-21-19-30(20-26(21)27)28(22-11-5-2-6-12-22,23-13-7-3-8-14-23)24-15-9-4-10-16-24/h2-18H,19-20H2,1H3. The van der Waals surface area contributed by atoms with Crippen LogP contribution in [-0.2, 0) is 18.6 Å². The maximum absolute atomic E-state index is 5.76. The molecule has 5 rings (SSSR count). The lowest BCUT2D eigenvalue weighted by Gasteiger charge is -2.43. The molecule has 0 aromatic heterocycles. The number of methoxy groups -OCH3 is 1. The second-order valence-corrected chi connectivity index (χ2v) is 8.83. The SMILES string of the molecule is COc1cc(Br)cc2c1CN(C(c1ccccc1)(c1ccccc1)c1ccccc1)C2. The zero-order chi connectivity index (χ0) is 21.3. The Morgan fingerprint density at radius 2 is 1.19 bits per heavy atom. The Bertz CT molecular complexity index is 1080. The van der Waals surface area contributed by atoms with Crippen LogP contribution < -0.4 is 4.74 Å². The summed E-state index contributed by atoms with van der Waals surface area (Å²) in [6, 6.07) is 36.8. The second-order valence-electron chi connectivity index (χ2n) is 7.91. The first-order valence-corrected chi connectivity index (χ1v) is 11.3. The smallest absolute Gasteiger partial charge is 0.124 e. The van der Waals surface area contributed by atoms with E-state index in [1.165, 1.54) is 27.8 Å². The highest BCUT2D eigenvalue weighted by Crippen LogP contribution is 2.47. The fourth-order valence-electron chi connectivity index (χ4n) is 4.94. The largest absolute Gasteiger partial charge is 0.496 e. The molecule has 0 N–H and O–H groups in total. The fourth-order valence-corrected chi connectivity index (χ4v) is 5.43. The van der Waals surface area contributed by atoms with E-state index >= 15 is 0 Å². The third-order valence-electron chi connectivity index (χ3n) is 6.25. The maximum Gasteiger partial charge on any atom is 0.124 e. The van der Waals surface area contributed by atoms with E-state index in [0.717, 1.165) is 23.3 Å². The molecule has 0 aliphatic carbocycles. The summed E-state index contributed by atoms with van der Waals surface area (Å²) in [7, 11) is 1.75. The summed E-state index contributed by atoms with van der Waals surface area (Å²) < 4.78 is 6.81. The van der Waals surface area contributed by atoms with Gasteiger partial charge >= 0.3 is 0 Å². The molecule has 2 nitrogen and oxygen atoms in total. The van der Waals surface area contributed by atoms with E-state index in [9.17, 15) is 0 Å². The van der Waals surface area contributed by atoms with Crippen LogP contribution in [0.5, 0.6) is 5.75 Å². The molecule has 0 radical (unpaired) electrons. The van der Waals surface area contributed by atoms with Crippen molar-refractivity contribution in [2.45, 2.75) is 18.6 Å². The zero-order valence-electron chi connectivity index (χ0n) is 17.5. The molecule has 1 heterocycles. The molecule has 4 aromatic carbocycles. The summed E-state index contributed by atoms with van der Waals surface area (Å²) in [5, 5.41) is 0. The second kappa shape index (κ2) is 8.33. The van der Waals surface area contributed by atoms with Gasteiger partial charge in [-0.15, -0.1) is 0 Å². The molecule has 0 spiro atoms. The summed E-state index contributed by atoms with van der Waals surface area (Å²) in [5.41, 5.74) is 5.94. The highest BCUT2D eigenvalue weighted by atomic mass is 79.9. The summed E-state index contributed by atoms with van der Waals surface area (Å²) in [6.45, 7) is 1.65. The summed E-state index contributed by atoms with van der Waals surface area (Å²) in [6.07, 6.45) is 0. The molecule has 0 unspecified atom stereocenters. The van der Waals surface area contributed by atoms with Crippen molar-refractivity contribution >= 4 is 15.9 Å². The van der Waals surface area contributed by atoms with Gasteiger partial charge < -0.3 is 4.74 Å². The van der Waals surface area contributed by atoms with Crippen LogP contribution in [0, 0.1) is 0 Å². The number of fused-ring (bicyclic) bond motifs is 1. The number of hydrogen-bond acceptors (Lipinski definition) is 2. The third kappa shape index (κ3) is 3.38. The van der Waals surface area contributed by atoms with Gasteiger partial charge in [0.15, 0.2) is 0 Å². The van der Waals surface area contributed by atoms with Crippen LogP contribution in [0.15, 0.2) is 108 Å². The van der Waals surface area contributed by atoms with E-state index in [4.69, 9.17) is 4.74 Å². The van der Waals surface area contributed by atoms with Crippen LogP contribution in [0.4, 0.5) is 0 Å². The van der Waals surface area contributed by atoms with Gasteiger partial charge in [-0.1, -0.05) is 107 Å². The Labute approximate surface area is 192 Å². The molecular weight excluding hydrogens is 446 g/mol. The number of ether oxygens (including phenoxy) is 1. The predicted molar refractivity (Wildman–Crippen MR) is 129 cm³/mol. The Morgan fingerprint density at radius 3 is 1.65 bits per heavy atom. The van der Waals surface area contributed by atoms with Gasteiger partial charge in [0.05, 0.1) is 12.6 Å². The molecule has 0 amide bonds. The summed E-state index contributed by atoms with van der Waals surface area (Å²) in [4.78, 5) is 2.58. The molecule has 1 aliphatic rings. The minimum atomic E-state index is -0.416. The van der Waals surface area contributed by atoms with Crippen molar-refractivity contribution in [2.24, 2.45) is 0 Å². The van der Waals surface area contributed by atoms with E-state index in [1.807, 2.05) is 0 Å². The predicted octanol–water partition coefficient (Wildman–Crippen LogP) is 6.77. The van der Waals surface area contributed by atoms with Crippen molar-refractivity contribution < 1.29 is 4.74 Å². The van der Waals surface area contributed by atoms with E-state index in [0.29, 0.717) is 0 Å². The molecule has 0 saturated heterocycles. The maximum atomic E-state index is 5.76. The van der Waals surface area contributed by atoms with Gasteiger partial charge in [-0.3, -0.25) is 4.90 Å². The van der Waals surface area contributed by atoms with E-state index in [1.54, 1.807) is 7.11 Å². The zero-order valence-corrected chi connectivity index (χ0v) is 19.0. The lowest BCUT2D eigenvalue weighted by Crippen LogP contribution is -2.45. The van der Waals surface area contributed by atoms with E-state index < -0.39 is 5.54 Å². The van der Waals surface area contributed by atoms with E-state index in [-0.39, 0.29) is 0 Å². The van der Waals surface area contributed by atoms with Crippen molar-refractivity contribution in [3.8, 4) is 5.75 Å². The summed E-state index contributed by atoms with van der Waals surface area (Å²) >= 11 is 3.66. The molecule has 154 valence electrons. The van der Waals surface area contributed by atoms with Gasteiger partial charge in [0.1, 0.15) is 5.75 Å². The average Bonchev–Trinajstić information content (AvgIpc) is 3.25. The van der Waals surface area contributed by atoms with Crippen molar-refractivity contribution in [2.75, 3.05) is 7.11 Å². The first-order chi connectivity index (χ1) is 15.2. The molecule has 3 heteroatoms. The molecule has 31 heavy (non-hydrogen) atoms. The quantitative estimate of drug-likeness (QED) is 0.299. The van der Waals surface area contributed by atoms with E-state index in [2.05, 4.69) is 124 Å². The Morgan fingerprint density at radius 1 is 0.710 bits per heavy atom. The fraction of sp³-hybridized carbons (Fsp3) is 0.143. The van der Waals surface area contributed by atoms with Gasteiger partial charge in [0, 0.05) is 23.1 Å². The van der Waals surface area contributed by atoms with Gasteiger partial charge in [-0.05, 0) is 34.4 Å². The lowest BCUT2D eigenvalue weighted by molar-refractivity contribution is 0.156. The number of halogens is 1. The van der Waals surface area contributed by atoms with Crippen molar-refractivity contribution in [1.29, 1.82) is 0 Å². The molecule has 0 bridgehead atoms. The first-order valence-electron chi connectivity index (χ1n) is 10.5. The van der Waals surface area contributed by atoms with Crippen molar-refractivity contribution in [3.05, 3.63) is 135 Å². The van der Waals surface area contributed by atoms with Crippen LogP contribution in [0.3, 0.4) is 0 Å². The number of rotatable bonds is 5. The minimum absolute atomic E-state index is 0.416. The van der Waals surface area contributed by atoms with Crippen LogP contribution >= 0.6 is 15.9 Å². The van der Waals surface area contributed by atoms with Crippen LogP contribution in [0.25, 0.3) is 0 Å². The lowest BCUT2D eigenvalue weighted by atomic mass is 9.75. The highest BCUT2D eigenvalue weighted by Gasteiger charge is 2.44. The normalized spacial score (nSPS) is 13.7. The highest BCUT2D eigenvalue weighted by molar-refractivity contribution is 9.10. The molecule has 0 fully saturated rings. The molecule has 4 aromatic rings. The van der Waals surface area contributed by atoms with Crippen molar-refractivity contribution in [3.63, 3.8) is 0 Å². The molecule has 0 atom stereocenters. The van der Waals surface area contributed by atoms with Gasteiger partial charge in [0.2, 0.25) is 0 Å². The van der Waals surface area contributed by atoms with Crippen LogP contribution in [0.1, 0.15) is 27.8 Å². The Balaban J connectivity index is 1.77.